The topological polar surface area (TPSA) is 92.4 Å². The Labute approximate surface area is 187 Å². The molecular formula is C24H19N5O2S. The maximum absolute atomic E-state index is 13.3. The quantitative estimate of drug-likeness (QED) is 0.310. The second-order valence-corrected chi connectivity index (χ2v) is 8.34. The first-order valence-corrected chi connectivity index (χ1v) is 10.8. The van der Waals surface area contributed by atoms with E-state index in [2.05, 4.69) is 20.5 Å². The van der Waals surface area contributed by atoms with Crippen LogP contribution in [0.2, 0.25) is 0 Å². The molecule has 8 heteroatoms. The van der Waals surface area contributed by atoms with Gasteiger partial charge in [-0.15, -0.1) is 11.3 Å². The van der Waals surface area contributed by atoms with E-state index in [1.54, 1.807) is 18.2 Å². The van der Waals surface area contributed by atoms with E-state index in [9.17, 15) is 9.90 Å². The van der Waals surface area contributed by atoms with Gasteiger partial charge in [0.05, 0.1) is 22.9 Å². The number of rotatable bonds is 4. The summed E-state index contributed by atoms with van der Waals surface area (Å²) in [6.07, 6.45) is 2.99. The van der Waals surface area contributed by atoms with E-state index in [1.165, 1.54) is 28.4 Å². The SMILES string of the molecule is Cc1ccc(-n2c(O)c(C=NNc3ncnc4sccc34)c3ccccc3c2=O)c(C)c1. The molecule has 0 aliphatic carbocycles. The zero-order valence-electron chi connectivity index (χ0n) is 17.4. The van der Waals surface area contributed by atoms with E-state index in [-0.39, 0.29) is 11.4 Å². The lowest BCUT2D eigenvalue weighted by atomic mass is 10.1. The molecule has 0 aliphatic heterocycles. The van der Waals surface area contributed by atoms with Crippen LogP contribution in [-0.2, 0) is 0 Å². The normalized spacial score (nSPS) is 11.6. The van der Waals surface area contributed by atoms with Crippen LogP contribution in [0.4, 0.5) is 5.82 Å². The highest BCUT2D eigenvalue weighted by Gasteiger charge is 2.17. The molecule has 0 saturated carbocycles. The van der Waals surface area contributed by atoms with E-state index in [0.717, 1.165) is 21.3 Å². The van der Waals surface area contributed by atoms with Crippen LogP contribution in [0.3, 0.4) is 0 Å². The second-order valence-electron chi connectivity index (χ2n) is 7.45. The first-order valence-electron chi connectivity index (χ1n) is 9.96. The fourth-order valence-electron chi connectivity index (χ4n) is 3.81. The number of pyridine rings is 1. The lowest BCUT2D eigenvalue weighted by Crippen LogP contribution is -2.21. The molecule has 5 rings (SSSR count). The van der Waals surface area contributed by atoms with Crippen LogP contribution >= 0.6 is 11.3 Å². The van der Waals surface area contributed by atoms with E-state index >= 15 is 0 Å². The van der Waals surface area contributed by atoms with Gasteiger partial charge in [0.2, 0.25) is 5.88 Å². The minimum atomic E-state index is -0.286. The number of aryl methyl sites for hydroxylation is 2. The van der Waals surface area contributed by atoms with Crippen molar-refractivity contribution in [2.24, 2.45) is 5.10 Å². The molecule has 0 radical (unpaired) electrons. The van der Waals surface area contributed by atoms with Crippen molar-refractivity contribution >= 4 is 44.4 Å². The molecule has 3 aromatic heterocycles. The Balaban J connectivity index is 1.66. The van der Waals surface area contributed by atoms with Crippen LogP contribution in [0.1, 0.15) is 16.7 Å². The minimum Gasteiger partial charge on any atom is -0.494 e. The summed E-state index contributed by atoms with van der Waals surface area (Å²) in [6, 6.07) is 14.8. The number of aromatic hydroxyl groups is 1. The number of benzene rings is 2. The number of hydrazone groups is 1. The lowest BCUT2D eigenvalue weighted by molar-refractivity contribution is 0.436. The van der Waals surface area contributed by atoms with Gasteiger partial charge in [-0.3, -0.25) is 10.2 Å². The third-order valence-electron chi connectivity index (χ3n) is 5.32. The summed E-state index contributed by atoms with van der Waals surface area (Å²) in [5.41, 5.74) is 5.68. The average Bonchev–Trinajstić information content (AvgIpc) is 3.27. The summed E-state index contributed by atoms with van der Waals surface area (Å²) in [5.74, 6) is 0.397. The maximum Gasteiger partial charge on any atom is 0.265 e. The van der Waals surface area contributed by atoms with Gasteiger partial charge in [-0.2, -0.15) is 5.10 Å². The third-order valence-corrected chi connectivity index (χ3v) is 6.14. The molecule has 0 saturated heterocycles. The Hall–Kier alpha value is -4.04. The molecule has 0 bridgehead atoms. The van der Waals surface area contributed by atoms with Crippen molar-refractivity contribution in [3.8, 4) is 11.6 Å². The van der Waals surface area contributed by atoms with Crippen LogP contribution in [0.15, 0.2) is 70.1 Å². The van der Waals surface area contributed by atoms with Crippen LogP contribution < -0.4 is 11.0 Å². The van der Waals surface area contributed by atoms with Crippen LogP contribution in [-0.4, -0.2) is 25.9 Å². The summed E-state index contributed by atoms with van der Waals surface area (Å²) in [4.78, 5) is 22.6. The summed E-state index contributed by atoms with van der Waals surface area (Å²) < 4.78 is 1.33. The van der Waals surface area contributed by atoms with Gasteiger partial charge < -0.3 is 5.11 Å². The molecule has 0 unspecified atom stereocenters. The molecule has 0 fully saturated rings. The lowest BCUT2D eigenvalue weighted by Gasteiger charge is -2.16. The Morgan fingerprint density at radius 2 is 1.88 bits per heavy atom. The fraction of sp³-hybridized carbons (Fsp3) is 0.0833. The number of fused-ring (bicyclic) bond motifs is 2. The Bertz CT molecular complexity index is 1570. The number of nitrogens with zero attached hydrogens (tertiary/aromatic N) is 4. The molecule has 0 atom stereocenters. The second kappa shape index (κ2) is 7.90. The zero-order chi connectivity index (χ0) is 22.2. The molecule has 2 N–H and O–H groups in total. The molecule has 3 heterocycles. The maximum atomic E-state index is 13.3. The predicted octanol–water partition coefficient (Wildman–Crippen LogP) is 4.76. The molecule has 32 heavy (non-hydrogen) atoms. The van der Waals surface area contributed by atoms with E-state index in [4.69, 9.17) is 0 Å². The van der Waals surface area contributed by atoms with Crippen LogP contribution in [0.25, 0.3) is 26.7 Å². The number of thiophene rings is 1. The number of hydrogen-bond acceptors (Lipinski definition) is 7. The first-order chi connectivity index (χ1) is 15.5. The Kier molecular flexibility index (Phi) is 4.91. The Morgan fingerprint density at radius 3 is 2.69 bits per heavy atom. The molecule has 5 aromatic rings. The van der Waals surface area contributed by atoms with Gasteiger partial charge in [-0.1, -0.05) is 35.9 Å². The highest BCUT2D eigenvalue weighted by Crippen LogP contribution is 2.28. The third kappa shape index (κ3) is 3.30. The largest absolute Gasteiger partial charge is 0.494 e. The van der Waals surface area contributed by atoms with Crippen LogP contribution in [0.5, 0.6) is 5.88 Å². The van der Waals surface area contributed by atoms with Crippen molar-refractivity contribution in [2.75, 3.05) is 5.43 Å². The molecular weight excluding hydrogens is 422 g/mol. The summed E-state index contributed by atoms with van der Waals surface area (Å²) >= 11 is 1.52. The fourth-order valence-corrected chi connectivity index (χ4v) is 4.54. The van der Waals surface area contributed by atoms with Gasteiger partial charge in [-0.25, -0.2) is 14.5 Å². The van der Waals surface area contributed by atoms with Gasteiger partial charge in [0.25, 0.3) is 5.56 Å². The van der Waals surface area contributed by atoms with Crippen molar-refractivity contribution in [2.45, 2.75) is 13.8 Å². The van der Waals surface area contributed by atoms with Crippen molar-refractivity contribution in [3.05, 3.63) is 87.3 Å². The standard InChI is InChI=1S/C24H19N5O2S/c1-14-7-8-20(15(2)11-14)29-23(30)17-6-4-3-5-16(17)19(24(29)31)12-27-28-21-18-9-10-32-22(18)26-13-25-21/h3-13,31H,1-2H3,(H,25,26,28). The molecule has 158 valence electrons. The summed E-state index contributed by atoms with van der Waals surface area (Å²) in [6.45, 7) is 3.90. The molecule has 0 aliphatic rings. The molecule has 0 amide bonds. The van der Waals surface area contributed by atoms with Gasteiger partial charge in [-0.05, 0) is 43.0 Å². The smallest absolute Gasteiger partial charge is 0.265 e. The summed E-state index contributed by atoms with van der Waals surface area (Å²) in [5, 5.41) is 19.4. The van der Waals surface area contributed by atoms with E-state index in [1.807, 2.05) is 49.6 Å². The number of aromatic nitrogens is 3. The van der Waals surface area contributed by atoms with E-state index < -0.39 is 0 Å². The highest BCUT2D eigenvalue weighted by molar-refractivity contribution is 7.16. The monoisotopic (exact) mass is 441 g/mol. The molecule has 2 aromatic carbocycles. The van der Waals surface area contributed by atoms with Crippen molar-refractivity contribution < 1.29 is 5.11 Å². The number of hydrogen-bond donors (Lipinski definition) is 2. The van der Waals surface area contributed by atoms with Crippen molar-refractivity contribution in [1.29, 1.82) is 0 Å². The average molecular weight is 442 g/mol. The predicted molar refractivity (Wildman–Crippen MR) is 129 cm³/mol. The van der Waals surface area contributed by atoms with Gasteiger partial charge >= 0.3 is 0 Å². The summed E-state index contributed by atoms with van der Waals surface area (Å²) in [7, 11) is 0. The number of nitrogens with one attached hydrogen (secondary N) is 1. The van der Waals surface area contributed by atoms with Gasteiger partial charge in [0.15, 0.2) is 5.82 Å². The van der Waals surface area contributed by atoms with Gasteiger partial charge in [0, 0.05) is 10.8 Å². The van der Waals surface area contributed by atoms with Crippen LogP contribution in [0, 0.1) is 13.8 Å². The minimum absolute atomic E-state index is 0.172. The number of anilines is 1. The first kappa shape index (κ1) is 19.9. The van der Waals surface area contributed by atoms with Crippen molar-refractivity contribution in [1.82, 2.24) is 14.5 Å². The molecule has 0 spiro atoms. The zero-order valence-corrected chi connectivity index (χ0v) is 18.2. The Morgan fingerprint density at radius 1 is 1.06 bits per heavy atom. The van der Waals surface area contributed by atoms with Gasteiger partial charge in [0.1, 0.15) is 11.2 Å². The molecule has 7 nitrogen and oxygen atoms in total. The van der Waals surface area contributed by atoms with Crippen molar-refractivity contribution in [3.63, 3.8) is 0 Å². The highest BCUT2D eigenvalue weighted by atomic mass is 32.1. The van der Waals surface area contributed by atoms with E-state index in [0.29, 0.717) is 27.8 Å².